The minimum absolute atomic E-state index is 0.162. The van der Waals surface area contributed by atoms with Gasteiger partial charge in [-0.1, -0.05) is 0 Å². The van der Waals surface area contributed by atoms with Crippen LogP contribution in [-0.2, 0) is 0 Å². The molecule has 2 rings (SSSR count). The van der Waals surface area contributed by atoms with E-state index in [1.54, 1.807) is 18.2 Å². The second kappa shape index (κ2) is 2.63. The summed E-state index contributed by atoms with van der Waals surface area (Å²) in [6.07, 6.45) is -1.17. The van der Waals surface area contributed by atoms with Crippen molar-refractivity contribution in [2.24, 2.45) is 0 Å². The molecular formula is C8H8N4O2. The van der Waals surface area contributed by atoms with Gasteiger partial charge < -0.3 is 16.6 Å². The molecule has 0 unspecified atom stereocenters. The first kappa shape index (κ1) is 8.36. The van der Waals surface area contributed by atoms with Gasteiger partial charge in [0.25, 0.3) is 0 Å². The van der Waals surface area contributed by atoms with Crippen molar-refractivity contribution < 1.29 is 9.90 Å². The SMILES string of the molecule is Nc1ccc2c(c1)c(N)nn2C(=O)O. The minimum Gasteiger partial charge on any atom is -0.463 e. The summed E-state index contributed by atoms with van der Waals surface area (Å²) in [5.74, 6) is 0.162. The van der Waals surface area contributed by atoms with Crippen molar-refractivity contribution in [1.82, 2.24) is 9.78 Å². The summed E-state index contributed by atoms with van der Waals surface area (Å²) in [6, 6.07) is 4.77. The molecule has 1 heterocycles. The normalized spacial score (nSPS) is 10.6. The summed E-state index contributed by atoms with van der Waals surface area (Å²) in [4.78, 5) is 10.7. The summed E-state index contributed by atoms with van der Waals surface area (Å²) >= 11 is 0. The van der Waals surface area contributed by atoms with E-state index in [1.165, 1.54) is 0 Å². The van der Waals surface area contributed by atoms with Crippen LogP contribution < -0.4 is 11.5 Å². The molecule has 1 aromatic carbocycles. The van der Waals surface area contributed by atoms with E-state index in [2.05, 4.69) is 5.10 Å². The zero-order valence-corrected chi connectivity index (χ0v) is 7.14. The number of anilines is 2. The fraction of sp³-hybridized carbons (Fsp3) is 0. The maximum absolute atomic E-state index is 10.7. The van der Waals surface area contributed by atoms with Crippen molar-refractivity contribution in [1.29, 1.82) is 0 Å². The number of aromatic nitrogens is 2. The lowest BCUT2D eigenvalue weighted by molar-refractivity contribution is 0.194. The number of carboxylic acid groups (broad SMARTS) is 1. The van der Waals surface area contributed by atoms with Crippen molar-refractivity contribution >= 4 is 28.5 Å². The molecule has 0 fully saturated rings. The Balaban J connectivity index is 2.84. The van der Waals surface area contributed by atoms with Gasteiger partial charge in [0.15, 0.2) is 5.82 Å². The van der Waals surface area contributed by atoms with Crippen LogP contribution in [-0.4, -0.2) is 21.0 Å². The zero-order valence-electron chi connectivity index (χ0n) is 7.14. The lowest BCUT2D eigenvalue weighted by Gasteiger charge is -1.95. The Morgan fingerprint density at radius 2 is 2.14 bits per heavy atom. The van der Waals surface area contributed by atoms with Crippen LogP contribution in [0.25, 0.3) is 10.9 Å². The number of rotatable bonds is 0. The molecule has 0 aliphatic carbocycles. The maximum Gasteiger partial charge on any atom is 0.432 e. The van der Waals surface area contributed by atoms with Gasteiger partial charge in [-0.25, -0.2) is 4.79 Å². The van der Waals surface area contributed by atoms with Crippen LogP contribution in [0.3, 0.4) is 0 Å². The highest BCUT2D eigenvalue weighted by Gasteiger charge is 2.12. The van der Waals surface area contributed by atoms with E-state index in [9.17, 15) is 4.79 Å². The Hall–Kier alpha value is -2.24. The van der Waals surface area contributed by atoms with Gasteiger partial charge in [0, 0.05) is 11.1 Å². The Labute approximate surface area is 78.7 Å². The Morgan fingerprint density at radius 3 is 2.79 bits per heavy atom. The highest BCUT2D eigenvalue weighted by molar-refractivity contribution is 5.95. The molecule has 2 aromatic rings. The number of nitrogen functional groups attached to an aromatic ring is 2. The Kier molecular flexibility index (Phi) is 1.57. The average molecular weight is 192 g/mol. The van der Waals surface area contributed by atoms with Crippen LogP contribution in [0.2, 0.25) is 0 Å². The molecular weight excluding hydrogens is 184 g/mol. The van der Waals surface area contributed by atoms with Gasteiger partial charge in [0.05, 0.1) is 5.52 Å². The molecule has 0 radical (unpaired) electrons. The van der Waals surface area contributed by atoms with Crippen LogP contribution in [0.15, 0.2) is 18.2 Å². The quantitative estimate of drug-likeness (QED) is 0.533. The molecule has 6 nitrogen and oxygen atoms in total. The molecule has 0 spiro atoms. The van der Waals surface area contributed by atoms with Gasteiger partial charge in [0.1, 0.15) is 0 Å². The molecule has 0 amide bonds. The second-order valence-corrected chi connectivity index (χ2v) is 2.86. The lowest BCUT2D eigenvalue weighted by atomic mass is 10.2. The molecule has 1 aromatic heterocycles. The number of hydrogen-bond donors (Lipinski definition) is 3. The fourth-order valence-electron chi connectivity index (χ4n) is 1.30. The largest absolute Gasteiger partial charge is 0.463 e. The van der Waals surface area contributed by atoms with E-state index in [0.29, 0.717) is 16.6 Å². The third-order valence-electron chi connectivity index (χ3n) is 1.91. The number of carbonyl (C=O) groups is 1. The standard InChI is InChI=1S/C8H8N4O2/c9-4-1-2-6-5(3-4)7(10)11-12(6)8(13)14/h1-3H,9H2,(H2,10,11)(H,13,14). The highest BCUT2D eigenvalue weighted by atomic mass is 16.4. The first-order valence-corrected chi connectivity index (χ1v) is 3.86. The summed E-state index contributed by atoms with van der Waals surface area (Å²) in [7, 11) is 0. The maximum atomic E-state index is 10.7. The van der Waals surface area contributed by atoms with Crippen LogP contribution in [0.4, 0.5) is 16.3 Å². The zero-order chi connectivity index (χ0) is 10.3. The topological polar surface area (TPSA) is 107 Å². The molecule has 0 aliphatic heterocycles. The number of nitrogens with two attached hydrogens (primary N) is 2. The molecule has 6 heteroatoms. The molecule has 0 saturated carbocycles. The number of benzene rings is 1. The monoisotopic (exact) mass is 192 g/mol. The number of nitrogens with zero attached hydrogens (tertiary/aromatic N) is 2. The number of hydrogen-bond acceptors (Lipinski definition) is 4. The van der Waals surface area contributed by atoms with Crippen LogP contribution in [0.5, 0.6) is 0 Å². The number of fused-ring (bicyclic) bond motifs is 1. The van der Waals surface area contributed by atoms with E-state index in [1.807, 2.05) is 0 Å². The molecule has 14 heavy (non-hydrogen) atoms. The molecule has 72 valence electrons. The fourth-order valence-corrected chi connectivity index (χ4v) is 1.30. The second-order valence-electron chi connectivity index (χ2n) is 2.86. The van der Waals surface area contributed by atoms with Gasteiger partial charge in [-0.15, -0.1) is 5.10 Å². The third kappa shape index (κ3) is 1.05. The minimum atomic E-state index is -1.17. The highest BCUT2D eigenvalue weighted by Crippen LogP contribution is 2.22. The summed E-state index contributed by atoms with van der Waals surface area (Å²) in [5.41, 5.74) is 12.0. The van der Waals surface area contributed by atoms with Crippen LogP contribution >= 0.6 is 0 Å². The lowest BCUT2D eigenvalue weighted by Crippen LogP contribution is -2.09. The van der Waals surface area contributed by atoms with Crippen molar-refractivity contribution in [2.75, 3.05) is 11.5 Å². The van der Waals surface area contributed by atoms with Gasteiger partial charge in [-0.2, -0.15) is 4.68 Å². The molecule has 0 atom stereocenters. The summed E-state index contributed by atoms with van der Waals surface area (Å²) in [5, 5.41) is 13.0. The van der Waals surface area contributed by atoms with E-state index in [-0.39, 0.29) is 5.82 Å². The van der Waals surface area contributed by atoms with Gasteiger partial charge >= 0.3 is 6.09 Å². The average Bonchev–Trinajstić information content (AvgIpc) is 2.44. The third-order valence-corrected chi connectivity index (χ3v) is 1.91. The molecule has 0 aliphatic rings. The van der Waals surface area contributed by atoms with E-state index < -0.39 is 6.09 Å². The van der Waals surface area contributed by atoms with Gasteiger partial charge in [-0.3, -0.25) is 0 Å². The predicted molar refractivity (Wildman–Crippen MR) is 52.0 cm³/mol. The van der Waals surface area contributed by atoms with Crippen LogP contribution in [0, 0.1) is 0 Å². The van der Waals surface area contributed by atoms with Crippen molar-refractivity contribution in [3.8, 4) is 0 Å². The van der Waals surface area contributed by atoms with E-state index in [0.717, 1.165) is 4.68 Å². The van der Waals surface area contributed by atoms with E-state index in [4.69, 9.17) is 16.6 Å². The van der Waals surface area contributed by atoms with Crippen LogP contribution in [0.1, 0.15) is 0 Å². The Bertz CT molecular complexity index is 517. The van der Waals surface area contributed by atoms with Crippen molar-refractivity contribution in [2.45, 2.75) is 0 Å². The summed E-state index contributed by atoms with van der Waals surface area (Å²) in [6.45, 7) is 0. The van der Waals surface area contributed by atoms with E-state index >= 15 is 0 Å². The van der Waals surface area contributed by atoms with Crippen molar-refractivity contribution in [3.05, 3.63) is 18.2 Å². The van der Waals surface area contributed by atoms with Gasteiger partial charge in [-0.05, 0) is 18.2 Å². The summed E-state index contributed by atoms with van der Waals surface area (Å²) < 4.78 is 0.824. The Morgan fingerprint density at radius 1 is 1.43 bits per heavy atom. The van der Waals surface area contributed by atoms with Gasteiger partial charge in [0.2, 0.25) is 0 Å². The van der Waals surface area contributed by atoms with Crippen molar-refractivity contribution in [3.63, 3.8) is 0 Å². The molecule has 0 saturated heterocycles. The first-order valence-electron chi connectivity index (χ1n) is 3.86. The predicted octanol–water partition coefficient (Wildman–Crippen LogP) is 0.727. The first-order chi connectivity index (χ1) is 6.59. The molecule has 0 bridgehead atoms. The smallest absolute Gasteiger partial charge is 0.432 e. The molecule has 5 N–H and O–H groups in total.